The third-order valence-electron chi connectivity index (χ3n) is 3.73. The second-order valence-electron chi connectivity index (χ2n) is 5.34. The van der Waals surface area contributed by atoms with Gasteiger partial charge in [0.25, 0.3) is 0 Å². The predicted octanol–water partition coefficient (Wildman–Crippen LogP) is 3.60. The highest BCUT2D eigenvalue weighted by Gasteiger charge is 2.06. The highest BCUT2D eigenvalue weighted by molar-refractivity contribution is 14.0. The number of unbranched alkanes of at least 4 members (excludes halogenated alkanes) is 1. The molecular weight excluding hydrogens is 387 g/mol. The molecule has 0 spiro atoms. The van der Waals surface area contributed by atoms with Crippen molar-refractivity contribution in [3.05, 3.63) is 35.5 Å². The SMILES string of the molecule is CCCCNC(=NC)NCCc1c[nH]c2cccc(C)c12.I. The molecule has 22 heavy (non-hydrogen) atoms. The molecule has 5 heteroatoms. The fourth-order valence-electron chi connectivity index (χ4n) is 2.57. The molecule has 0 bridgehead atoms. The number of rotatable bonds is 6. The van der Waals surface area contributed by atoms with Gasteiger partial charge in [-0.05, 0) is 37.0 Å². The van der Waals surface area contributed by atoms with Gasteiger partial charge in [-0.15, -0.1) is 24.0 Å². The molecule has 1 heterocycles. The molecule has 0 amide bonds. The molecule has 0 fully saturated rings. The maximum absolute atomic E-state index is 4.25. The van der Waals surface area contributed by atoms with E-state index in [1.807, 2.05) is 7.05 Å². The van der Waals surface area contributed by atoms with E-state index in [1.54, 1.807) is 0 Å². The number of aromatic nitrogens is 1. The molecule has 2 aromatic rings. The zero-order valence-electron chi connectivity index (χ0n) is 13.7. The third-order valence-corrected chi connectivity index (χ3v) is 3.73. The van der Waals surface area contributed by atoms with Gasteiger partial charge in [-0.3, -0.25) is 4.99 Å². The van der Waals surface area contributed by atoms with E-state index in [0.717, 1.165) is 25.5 Å². The number of guanidine groups is 1. The van der Waals surface area contributed by atoms with Gasteiger partial charge in [0.05, 0.1) is 0 Å². The second-order valence-corrected chi connectivity index (χ2v) is 5.34. The standard InChI is InChI=1S/C17H26N4.HI/c1-4-5-10-19-17(18-3)20-11-9-14-12-21-15-8-6-7-13(2)16(14)15;/h6-8,12,21H,4-5,9-11H2,1-3H3,(H2,18,19,20);1H. The Morgan fingerprint density at radius 3 is 2.73 bits per heavy atom. The second kappa shape index (κ2) is 9.71. The minimum atomic E-state index is 0. The molecule has 0 saturated heterocycles. The highest BCUT2D eigenvalue weighted by atomic mass is 127. The molecule has 1 aromatic carbocycles. The maximum Gasteiger partial charge on any atom is 0.190 e. The van der Waals surface area contributed by atoms with Gasteiger partial charge in [0, 0.05) is 37.2 Å². The van der Waals surface area contributed by atoms with Crippen LogP contribution in [-0.4, -0.2) is 31.1 Å². The van der Waals surface area contributed by atoms with Crippen LogP contribution in [0.2, 0.25) is 0 Å². The Balaban J connectivity index is 0.00000242. The normalized spacial score (nSPS) is 11.3. The molecule has 0 aliphatic carbocycles. The Kier molecular flexibility index (Phi) is 8.30. The third kappa shape index (κ3) is 4.90. The number of H-pyrrole nitrogens is 1. The van der Waals surface area contributed by atoms with Crippen LogP contribution in [0.3, 0.4) is 0 Å². The number of aryl methyl sites for hydroxylation is 1. The van der Waals surface area contributed by atoms with E-state index in [9.17, 15) is 0 Å². The maximum atomic E-state index is 4.25. The van der Waals surface area contributed by atoms with Gasteiger partial charge in [0.15, 0.2) is 5.96 Å². The van der Waals surface area contributed by atoms with Crippen molar-refractivity contribution in [3.8, 4) is 0 Å². The Morgan fingerprint density at radius 2 is 2.00 bits per heavy atom. The lowest BCUT2D eigenvalue weighted by molar-refractivity contribution is 0.727. The van der Waals surface area contributed by atoms with Crippen LogP contribution >= 0.6 is 24.0 Å². The smallest absolute Gasteiger partial charge is 0.190 e. The van der Waals surface area contributed by atoms with Gasteiger partial charge in [-0.25, -0.2) is 0 Å². The number of hydrogen-bond acceptors (Lipinski definition) is 1. The number of aromatic amines is 1. The largest absolute Gasteiger partial charge is 0.361 e. The van der Waals surface area contributed by atoms with Crippen LogP contribution in [0.4, 0.5) is 0 Å². The van der Waals surface area contributed by atoms with Crippen LogP contribution in [0.15, 0.2) is 29.4 Å². The minimum absolute atomic E-state index is 0. The predicted molar refractivity (Wildman–Crippen MR) is 106 cm³/mol. The summed E-state index contributed by atoms with van der Waals surface area (Å²) in [6, 6.07) is 6.39. The van der Waals surface area contributed by atoms with Gasteiger partial charge in [-0.1, -0.05) is 25.5 Å². The summed E-state index contributed by atoms with van der Waals surface area (Å²) in [5, 5.41) is 8.06. The number of nitrogens with zero attached hydrogens (tertiary/aromatic N) is 1. The topological polar surface area (TPSA) is 52.2 Å². The first-order valence-corrected chi connectivity index (χ1v) is 7.76. The van der Waals surface area contributed by atoms with Gasteiger partial charge < -0.3 is 15.6 Å². The molecule has 0 atom stereocenters. The van der Waals surface area contributed by atoms with Crippen molar-refractivity contribution in [2.45, 2.75) is 33.1 Å². The lowest BCUT2D eigenvalue weighted by atomic mass is 10.1. The number of hydrogen-bond donors (Lipinski definition) is 3. The summed E-state index contributed by atoms with van der Waals surface area (Å²) in [6.45, 7) is 6.21. The molecule has 0 aliphatic rings. The van der Waals surface area contributed by atoms with Gasteiger partial charge in [0.1, 0.15) is 0 Å². The number of aliphatic imine (C=N–C) groups is 1. The number of benzene rings is 1. The molecular formula is C17H27IN4. The average molecular weight is 414 g/mol. The van der Waals surface area contributed by atoms with E-state index in [1.165, 1.54) is 34.9 Å². The molecule has 1 aromatic heterocycles. The number of fused-ring (bicyclic) bond motifs is 1. The van der Waals surface area contributed by atoms with E-state index in [-0.39, 0.29) is 24.0 Å². The molecule has 122 valence electrons. The van der Waals surface area contributed by atoms with Gasteiger partial charge >= 0.3 is 0 Å². The van der Waals surface area contributed by atoms with E-state index in [4.69, 9.17) is 0 Å². The monoisotopic (exact) mass is 414 g/mol. The van der Waals surface area contributed by atoms with E-state index >= 15 is 0 Å². The quantitative estimate of drug-likeness (QED) is 0.293. The molecule has 0 unspecified atom stereocenters. The summed E-state index contributed by atoms with van der Waals surface area (Å²) in [5.41, 5.74) is 3.91. The number of halogens is 1. The van der Waals surface area contributed by atoms with Crippen LogP contribution in [-0.2, 0) is 6.42 Å². The zero-order chi connectivity index (χ0) is 15.1. The van der Waals surface area contributed by atoms with E-state index < -0.39 is 0 Å². The lowest BCUT2D eigenvalue weighted by Crippen LogP contribution is -2.38. The fraction of sp³-hybridized carbons (Fsp3) is 0.471. The molecule has 0 aliphatic heterocycles. The lowest BCUT2D eigenvalue weighted by Gasteiger charge is -2.11. The average Bonchev–Trinajstić information content (AvgIpc) is 2.90. The van der Waals surface area contributed by atoms with Crippen molar-refractivity contribution in [1.82, 2.24) is 15.6 Å². The summed E-state index contributed by atoms with van der Waals surface area (Å²) in [6.07, 6.45) is 5.47. The molecule has 4 nitrogen and oxygen atoms in total. The molecule has 0 saturated carbocycles. The molecule has 3 N–H and O–H groups in total. The van der Waals surface area contributed by atoms with Crippen LogP contribution in [0.25, 0.3) is 10.9 Å². The molecule has 0 radical (unpaired) electrons. The Hall–Kier alpha value is -1.24. The summed E-state index contributed by atoms with van der Waals surface area (Å²) in [7, 11) is 1.82. The first kappa shape index (κ1) is 18.8. The Labute approximate surface area is 150 Å². The van der Waals surface area contributed by atoms with Crippen LogP contribution in [0, 0.1) is 6.92 Å². The zero-order valence-corrected chi connectivity index (χ0v) is 16.0. The molecule has 2 rings (SSSR count). The fourth-order valence-corrected chi connectivity index (χ4v) is 2.57. The summed E-state index contributed by atoms with van der Waals surface area (Å²) in [4.78, 5) is 7.59. The minimum Gasteiger partial charge on any atom is -0.361 e. The van der Waals surface area contributed by atoms with Crippen molar-refractivity contribution >= 4 is 40.8 Å². The van der Waals surface area contributed by atoms with Crippen molar-refractivity contribution < 1.29 is 0 Å². The van der Waals surface area contributed by atoms with Crippen molar-refractivity contribution in [2.24, 2.45) is 4.99 Å². The van der Waals surface area contributed by atoms with Crippen molar-refractivity contribution in [2.75, 3.05) is 20.1 Å². The van der Waals surface area contributed by atoms with Crippen LogP contribution < -0.4 is 10.6 Å². The van der Waals surface area contributed by atoms with Crippen LogP contribution in [0.5, 0.6) is 0 Å². The number of nitrogens with one attached hydrogen (secondary N) is 3. The van der Waals surface area contributed by atoms with Crippen molar-refractivity contribution in [3.63, 3.8) is 0 Å². The Bertz CT molecular complexity index is 604. The van der Waals surface area contributed by atoms with Gasteiger partial charge in [-0.2, -0.15) is 0 Å². The first-order valence-electron chi connectivity index (χ1n) is 7.76. The van der Waals surface area contributed by atoms with Gasteiger partial charge in [0.2, 0.25) is 0 Å². The van der Waals surface area contributed by atoms with Crippen molar-refractivity contribution in [1.29, 1.82) is 0 Å². The van der Waals surface area contributed by atoms with Crippen LogP contribution in [0.1, 0.15) is 30.9 Å². The summed E-state index contributed by atoms with van der Waals surface area (Å²) >= 11 is 0. The van der Waals surface area contributed by atoms with E-state index in [2.05, 4.69) is 58.9 Å². The highest BCUT2D eigenvalue weighted by Crippen LogP contribution is 2.22. The Morgan fingerprint density at radius 1 is 1.23 bits per heavy atom. The summed E-state index contributed by atoms with van der Waals surface area (Å²) < 4.78 is 0. The summed E-state index contributed by atoms with van der Waals surface area (Å²) in [5.74, 6) is 0.889. The first-order chi connectivity index (χ1) is 10.3. The van der Waals surface area contributed by atoms with E-state index in [0.29, 0.717) is 0 Å².